The second-order valence-corrected chi connectivity index (χ2v) is 6.84. The summed E-state index contributed by atoms with van der Waals surface area (Å²) in [5.74, 6) is -0.292. The molecule has 1 amide bonds. The van der Waals surface area contributed by atoms with E-state index in [2.05, 4.69) is 39.3 Å². The monoisotopic (exact) mass is 444 g/mol. The number of rotatable bonds is 2. The molecule has 0 atom stereocenters. The van der Waals surface area contributed by atoms with Crippen molar-refractivity contribution in [2.24, 2.45) is 0 Å². The highest BCUT2D eigenvalue weighted by Gasteiger charge is 2.10. The second-order valence-electron chi connectivity index (χ2n) is 4.83. The summed E-state index contributed by atoms with van der Waals surface area (Å²) in [4.78, 5) is 12.1. The fourth-order valence-electron chi connectivity index (χ4n) is 1.87. The van der Waals surface area contributed by atoms with Gasteiger partial charge in [0.05, 0.1) is 0 Å². The van der Waals surface area contributed by atoms with Gasteiger partial charge in [0, 0.05) is 19.8 Å². The third kappa shape index (κ3) is 4.41. The van der Waals surface area contributed by atoms with E-state index in [4.69, 9.17) is 23.8 Å². The van der Waals surface area contributed by atoms with Crippen molar-refractivity contribution >= 4 is 63.1 Å². The molecule has 6 heteroatoms. The van der Waals surface area contributed by atoms with Crippen molar-refractivity contribution in [3.8, 4) is 0 Å². The highest BCUT2D eigenvalue weighted by atomic mass is 127. The first-order chi connectivity index (χ1) is 10.4. The molecule has 114 valence electrons. The smallest absolute Gasteiger partial charge is 0.257 e. The zero-order valence-electron chi connectivity index (χ0n) is 12.0. The molecule has 0 aliphatic carbocycles. The van der Waals surface area contributed by atoms with Gasteiger partial charge >= 0.3 is 0 Å². The first-order valence-corrected chi connectivity index (χ1v) is 8.38. The number of hydrogen-bond acceptors (Lipinski definition) is 2. The van der Waals surface area contributed by atoms with Gasteiger partial charge in [0.25, 0.3) is 5.91 Å². The molecule has 2 N–H and O–H groups in total. The zero-order chi connectivity index (χ0) is 16.3. The molecule has 0 spiro atoms. The largest absolute Gasteiger partial charge is 0.332 e. The Morgan fingerprint density at radius 3 is 2.59 bits per heavy atom. The van der Waals surface area contributed by atoms with Crippen molar-refractivity contribution in [2.45, 2.75) is 13.8 Å². The number of aryl methyl sites for hydroxylation is 2. The molecule has 0 unspecified atom stereocenters. The number of thiocarbonyl (C=S) groups is 1. The molecule has 0 radical (unpaired) electrons. The van der Waals surface area contributed by atoms with Crippen molar-refractivity contribution in [1.29, 1.82) is 0 Å². The predicted octanol–water partition coefficient (Wildman–Crippen LogP) is 4.69. The molecule has 22 heavy (non-hydrogen) atoms. The average Bonchev–Trinajstić information content (AvgIpc) is 2.44. The fourth-order valence-corrected chi connectivity index (χ4v) is 2.89. The Kier molecular flexibility index (Phi) is 5.77. The Balaban J connectivity index is 2.07. The quantitative estimate of drug-likeness (QED) is 0.522. The lowest BCUT2D eigenvalue weighted by Gasteiger charge is -2.13. The lowest BCUT2D eigenvalue weighted by atomic mass is 10.1. The summed E-state index contributed by atoms with van der Waals surface area (Å²) >= 11 is 13.4. The van der Waals surface area contributed by atoms with E-state index in [1.807, 2.05) is 19.9 Å². The van der Waals surface area contributed by atoms with E-state index >= 15 is 0 Å². The SMILES string of the molecule is Cc1cc(NC(=S)NC(=O)c2cccc(Cl)c2)c(C)cc1I. The van der Waals surface area contributed by atoms with Crippen LogP contribution in [0.5, 0.6) is 0 Å². The van der Waals surface area contributed by atoms with Crippen molar-refractivity contribution in [3.63, 3.8) is 0 Å². The molecule has 0 aliphatic rings. The molecule has 0 fully saturated rings. The lowest BCUT2D eigenvalue weighted by Crippen LogP contribution is -2.34. The van der Waals surface area contributed by atoms with Crippen LogP contribution in [0.15, 0.2) is 36.4 Å². The van der Waals surface area contributed by atoms with Crippen LogP contribution in [0.4, 0.5) is 5.69 Å². The minimum Gasteiger partial charge on any atom is -0.332 e. The van der Waals surface area contributed by atoms with Crippen LogP contribution in [-0.4, -0.2) is 11.0 Å². The van der Waals surface area contributed by atoms with Crippen LogP contribution in [0.3, 0.4) is 0 Å². The number of carbonyl (C=O) groups excluding carboxylic acids is 1. The Labute approximate surface area is 153 Å². The molecule has 0 aliphatic heterocycles. The second kappa shape index (κ2) is 7.39. The third-order valence-electron chi connectivity index (χ3n) is 3.07. The number of benzene rings is 2. The van der Waals surface area contributed by atoms with E-state index in [9.17, 15) is 4.79 Å². The van der Waals surface area contributed by atoms with E-state index in [1.165, 1.54) is 3.57 Å². The van der Waals surface area contributed by atoms with Crippen LogP contribution in [0.2, 0.25) is 5.02 Å². The minimum atomic E-state index is -0.292. The summed E-state index contributed by atoms with van der Waals surface area (Å²) in [6.07, 6.45) is 0. The number of nitrogens with one attached hydrogen (secondary N) is 2. The van der Waals surface area contributed by atoms with Gasteiger partial charge in [-0.05, 0) is 90.1 Å². The minimum absolute atomic E-state index is 0.258. The van der Waals surface area contributed by atoms with Crippen LogP contribution < -0.4 is 10.6 Å². The van der Waals surface area contributed by atoms with Gasteiger partial charge in [-0.1, -0.05) is 17.7 Å². The molecule has 0 aromatic heterocycles. The third-order valence-corrected chi connectivity index (χ3v) is 4.67. The van der Waals surface area contributed by atoms with E-state index in [1.54, 1.807) is 24.3 Å². The van der Waals surface area contributed by atoms with Crippen molar-refractivity contribution in [1.82, 2.24) is 5.32 Å². The standard InChI is InChI=1S/C16H14ClIN2OS/c1-9-7-14(10(2)6-13(9)18)19-16(22)20-15(21)11-4-3-5-12(17)8-11/h3-8H,1-2H3,(H2,19,20,21,22). The Bertz CT molecular complexity index is 749. The van der Waals surface area contributed by atoms with Gasteiger partial charge in [0.2, 0.25) is 0 Å². The fraction of sp³-hybridized carbons (Fsp3) is 0.125. The van der Waals surface area contributed by atoms with Crippen LogP contribution in [0, 0.1) is 17.4 Å². The summed E-state index contributed by atoms with van der Waals surface area (Å²) in [5.41, 5.74) is 3.56. The maximum Gasteiger partial charge on any atom is 0.257 e. The molecule has 2 rings (SSSR count). The summed E-state index contributed by atoms with van der Waals surface area (Å²) < 4.78 is 1.19. The molecular weight excluding hydrogens is 431 g/mol. The molecule has 0 heterocycles. The molecule has 0 saturated carbocycles. The first kappa shape index (κ1) is 17.2. The van der Waals surface area contributed by atoms with Gasteiger partial charge in [0.1, 0.15) is 0 Å². The maximum absolute atomic E-state index is 12.1. The van der Waals surface area contributed by atoms with Crippen molar-refractivity contribution in [3.05, 3.63) is 61.7 Å². The van der Waals surface area contributed by atoms with Gasteiger partial charge in [-0.2, -0.15) is 0 Å². The number of halogens is 2. The maximum atomic E-state index is 12.1. The van der Waals surface area contributed by atoms with Gasteiger partial charge in [-0.3, -0.25) is 10.1 Å². The van der Waals surface area contributed by atoms with E-state index in [-0.39, 0.29) is 11.0 Å². The molecular formula is C16H14ClIN2OS. The molecule has 0 bridgehead atoms. The van der Waals surface area contributed by atoms with Crippen LogP contribution in [-0.2, 0) is 0 Å². The zero-order valence-corrected chi connectivity index (χ0v) is 15.8. The lowest BCUT2D eigenvalue weighted by molar-refractivity contribution is 0.0977. The molecule has 0 saturated heterocycles. The number of anilines is 1. The van der Waals surface area contributed by atoms with E-state index in [0.29, 0.717) is 10.6 Å². The van der Waals surface area contributed by atoms with E-state index in [0.717, 1.165) is 16.8 Å². The average molecular weight is 445 g/mol. The normalized spacial score (nSPS) is 10.2. The van der Waals surface area contributed by atoms with Crippen molar-refractivity contribution in [2.75, 3.05) is 5.32 Å². The molecule has 2 aromatic rings. The number of hydrogen-bond donors (Lipinski definition) is 2. The Morgan fingerprint density at radius 1 is 1.18 bits per heavy atom. The Hall–Kier alpha value is -1.18. The molecule has 3 nitrogen and oxygen atoms in total. The highest BCUT2D eigenvalue weighted by molar-refractivity contribution is 14.1. The Morgan fingerprint density at radius 2 is 1.91 bits per heavy atom. The highest BCUT2D eigenvalue weighted by Crippen LogP contribution is 2.21. The molecule has 2 aromatic carbocycles. The van der Waals surface area contributed by atoms with Gasteiger partial charge in [0.15, 0.2) is 5.11 Å². The van der Waals surface area contributed by atoms with Gasteiger partial charge < -0.3 is 5.32 Å². The van der Waals surface area contributed by atoms with Gasteiger partial charge in [-0.25, -0.2) is 0 Å². The van der Waals surface area contributed by atoms with Gasteiger partial charge in [-0.15, -0.1) is 0 Å². The predicted molar refractivity (Wildman–Crippen MR) is 104 cm³/mol. The van der Waals surface area contributed by atoms with E-state index < -0.39 is 0 Å². The number of carbonyl (C=O) groups is 1. The summed E-state index contributed by atoms with van der Waals surface area (Å²) in [6, 6.07) is 10.8. The summed E-state index contributed by atoms with van der Waals surface area (Å²) in [6.45, 7) is 4.02. The summed E-state index contributed by atoms with van der Waals surface area (Å²) in [5, 5.41) is 6.48. The summed E-state index contributed by atoms with van der Waals surface area (Å²) in [7, 11) is 0. The van der Waals surface area contributed by atoms with Crippen LogP contribution >= 0.6 is 46.4 Å². The van der Waals surface area contributed by atoms with Crippen molar-refractivity contribution < 1.29 is 4.79 Å². The topological polar surface area (TPSA) is 41.1 Å². The van der Waals surface area contributed by atoms with Crippen LogP contribution in [0.1, 0.15) is 21.5 Å². The van der Waals surface area contributed by atoms with Crippen LogP contribution in [0.25, 0.3) is 0 Å². The number of amides is 1. The first-order valence-electron chi connectivity index (χ1n) is 6.51.